The maximum absolute atomic E-state index is 13.8. The molecule has 1 N–H and O–H groups in total. The summed E-state index contributed by atoms with van der Waals surface area (Å²) in [6.07, 6.45) is 2.09. The van der Waals surface area contributed by atoms with E-state index in [9.17, 15) is 18.4 Å². The first-order valence-electron chi connectivity index (χ1n) is 9.44. The minimum absolute atomic E-state index is 0.313. The lowest BCUT2D eigenvalue weighted by Gasteiger charge is -2.18. The van der Waals surface area contributed by atoms with E-state index in [-0.39, 0.29) is 0 Å². The smallest absolute Gasteiger partial charge is 0.261 e. The van der Waals surface area contributed by atoms with Crippen LogP contribution < -0.4 is 5.32 Å². The van der Waals surface area contributed by atoms with Gasteiger partial charge in [-0.3, -0.25) is 14.5 Å². The number of carbonyl (C=O) groups is 2. The number of nitrogens with one attached hydrogen (secondary N) is 1. The number of rotatable bonds is 7. The molecule has 2 aromatic rings. The SMILES string of the molecule is COOCN1CCC(C=O)=C(c2ccc(NC(=O)c3c(F)cccc3F)cc2)CC1. The summed E-state index contributed by atoms with van der Waals surface area (Å²) >= 11 is 0. The van der Waals surface area contributed by atoms with E-state index in [0.717, 1.165) is 29.6 Å². The lowest BCUT2D eigenvalue weighted by molar-refractivity contribution is -0.295. The van der Waals surface area contributed by atoms with Crippen molar-refractivity contribution in [2.45, 2.75) is 12.8 Å². The number of nitrogens with zero attached hydrogens (tertiary/aromatic N) is 1. The molecule has 0 atom stereocenters. The van der Waals surface area contributed by atoms with E-state index in [4.69, 9.17) is 4.89 Å². The van der Waals surface area contributed by atoms with Gasteiger partial charge in [0.15, 0.2) is 0 Å². The van der Waals surface area contributed by atoms with Crippen LogP contribution in [0, 0.1) is 11.6 Å². The van der Waals surface area contributed by atoms with E-state index in [1.165, 1.54) is 13.2 Å². The van der Waals surface area contributed by atoms with Gasteiger partial charge in [-0.05, 0) is 53.8 Å². The van der Waals surface area contributed by atoms with Gasteiger partial charge >= 0.3 is 0 Å². The Morgan fingerprint density at radius 1 is 1.10 bits per heavy atom. The van der Waals surface area contributed by atoms with Crippen LogP contribution in [0.1, 0.15) is 28.8 Å². The Labute approximate surface area is 173 Å². The Kier molecular flexibility index (Phi) is 7.40. The van der Waals surface area contributed by atoms with Crippen LogP contribution in [-0.2, 0) is 14.6 Å². The average molecular weight is 416 g/mol. The number of amides is 1. The van der Waals surface area contributed by atoms with Crippen molar-refractivity contribution >= 4 is 23.5 Å². The number of anilines is 1. The number of hydrogen-bond acceptors (Lipinski definition) is 5. The fourth-order valence-electron chi connectivity index (χ4n) is 3.35. The quantitative estimate of drug-likeness (QED) is 0.423. The predicted octanol–water partition coefficient (Wildman–Crippen LogP) is 3.80. The third kappa shape index (κ3) is 5.15. The Morgan fingerprint density at radius 3 is 2.40 bits per heavy atom. The fourth-order valence-corrected chi connectivity index (χ4v) is 3.35. The van der Waals surface area contributed by atoms with Gasteiger partial charge in [-0.1, -0.05) is 18.2 Å². The molecular formula is C22H22F2N2O4. The van der Waals surface area contributed by atoms with E-state index >= 15 is 0 Å². The van der Waals surface area contributed by atoms with Crippen LogP contribution >= 0.6 is 0 Å². The Morgan fingerprint density at radius 2 is 1.77 bits per heavy atom. The lowest BCUT2D eigenvalue weighted by atomic mass is 9.96. The minimum atomic E-state index is -0.926. The normalized spacial score (nSPS) is 15.0. The van der Waals surface area contributed by atoms with Crippen LogP contribution in [0.5, 0.6) is 0 Å². The summed E-state index contributed by atoms with van der Waals surface area (Å²) in [4.78, 5) is 35.5. The maximum Gasteiger partial charge on any atom is 0.261 e. The van der Waals surface area contributed by atoms with Crippen molar-refractivity contribution in [1.82, 2.24) is 4.90 Å². The van der Waals surface area contributed by atoms with Crippen molar-refractivity contribution in [2.24, 2.45) is 0 Å². The number of halogens is 2. The predicted molar refractivity (Wildman–Crippen MR) is 108 cm³/mol. The highest BCUT2D eigenvalue weighted by Crippen LogP contribution is 2.28. The van der Waals surface area contributed by atoms with Gasteiger partial charge in [-0.25, -0.2) is 18.6 Å². The summed E-state index contributed by atoms with van der Waals surface area (Å²) in [5.41, 5.74) is 2.24. The summed E-state index contributed by atoms with van der Waals surface area (Å²) in [5.74, 6) is -2.72. The molecule has 1 aliphatic heterocycles. The summed E-state index contributed by atoms with van der Waals surface area (Å²) in [5, 5.41) is 2.49. The topological polar surface area (TPSA) is 67.9 Å². The molecule has 30 heavy (non-hydrogen) atoms. The van der Waals surface area contributed by atoms with Crippen molar-refractivity contribution in [3.8, 4) is 0 Å². The zero-order valence-electron chi connectivity index (χ0n) is 16.5. The molecule has 0 radical (unpaired) electrons. The van der Waals surface area contributed by atoms with E-state index in [1.54, 1.807) is 24.3 Å². The van der Waals surface area contributed by atoms with Crippen molar-refractivity contribution in [2.75, 3.05) is 32.2 Å². The molecule has 8 heteroatoms. The van der Waals surface area contributed by atoms with Gasteiger partial charge in [0.05, 0.1) is 7.11 Å². The average Bonchev–Trinajstić information content (AvgIpc) is 2.95. The molecule has 1 aliphatic rings. The van der Waals surface area contributed by atoms with Crippen LogP contribution in [0.15, 0.2) is 48.0 Å². The first kappa shape index (κ1) is 21.8. The second-order valence-electron chi connectivity index (χ2n) is 6.78. The van der Waals surface area contributed by atoms with E-state index in [2.05, 4.69) is 10.2 Å². The molecular weight excluding hydrogens is 394 g/mol. The molecule has 1 amide bonds. The Balaban J connectivity index is 1.73. The van der Waals surface area contributed by atoms with E-state index in [1.807, 2.05) is 4.90 Å². The largest absolute Gasteiger partial charge is 0.322 e. The van der Waals surface area contributed by atoms with Crippen LogP contribution in [0.3, 0.4) is 0 Å². The van der Waals surface area contributed by atoms with Crippen molar-refractivity contribution in [3.05, 3.63) is 70.8 Å². The number of aldehydes is 1. The first-order valence-corrected chi connectivity index (χ1v) is 9.44. The zero-order chi connectivity index (χ0) is 21.5. The van der Waals surface area contributed by atoms with Crippen LogP contribution in [0.2, 0.25) is 0 Å². The first-order chi connectivity index (χ1) is 14.5. The highest BCUT2D eigenvalue weighted by atomic mass is 19.1. The van der Waals surface area contributed by atoms with E-state index in [0.29, 0.717) is 43.9 Å². The van der Waals surface area contributed by atoms with Gasteiger partial charge in [0, 0.05) is 18.8 Å². The van der Waals surface area contributed by atoms with Crippen LogP contribution in [0.4, 0.5) is 14.5 Å². The van der Waals surface area contributed by atoms with Crippen molar-refractivity contribution in [1.29, 1.82) is 0 Å². The van der Waals surface area contributed by atoms with Gasteiger partial charge in [0.2, 0.25) is 0 Å². The second-order valence-corrected chi connectivity index (χ2v) is 6.78. The molecule has 0 bridgehead atoms. The minimum Gasteiger partial charge on any atom is -0.322 e. The summed E-state index contributed by atoms with van der Waals surface area (Å²) < 4.78 is 27.6. The van der Waals surface area contributed by atoms with Crippen LogP contribution in [0.25, 0.3) is 5.57 Å². The molecule has 6 nitrogen and oxygen atoms in total. The van der Waals surface area contributed by atoms with Crippen LogP contribution in [-0.4, -0.2) is 44.0 Å². The molecule has 0 aliphatic carbocycles. The maximum atomic E-state index is 13.8. The lowest BCUT2D eigenvalue weighted by Crippen LogP contribution is -2.27. The standard InChI is InChI=1S/C22H22F2N2O4/c1-29-30-14-26-11-9-16(13-27)18(10-12-26)15-5-7-17(8-6-15)25-22(28)21-19(23)3-2-4-20(21)24/h2-8,13H,9-12,14H2,1H3,(H,25,28). The molecule has 0 fully saturated rings. The van der Waals surface area contributed by atoms with Gasteiger partial charge in [-0.15, -0.1) is 0 Å². The van der Waals surface area contributed by atoms with Crippen molar-refractivity contribution in [3.63, 3.8) is 0 Å². The molecule has 0 saturated carbocycles. The van der Waals surface area contributed by atoms with Gasteiger partial charge in [0.1, 0.15) is 30.2 Å². The zero-order valence-corrected chi connectivity index (χ0v) is 16.5. The molecule has 0 saturated heterocycles. The number of hydrogen-bond donors (Lipinski definition) is 1. The molecule has 3 rings (SSSR count). The monoisotopic (exact) mass is 416 g/mol. The number of benzene rings is 2. The second kappa shape index (κ2) is 10.2. The van der Waals surface area contributed by atoms with Crippen molar-refractivity contribution < 1.29 is 28.1 Å². The molecule has 158 valence electrons. The van der Waals surface area contributed by atoms with Gasteiger partial charge < -0.3 is 5.32 Å². The molecule has 0 spiro atoms. The summed E-state index contributed by atoms with van der Waals surface area (Å²) in [7, 11) is 1.44. The van der Waals surface area contributed by atoms with Gasteiger partial charge in [0.25, 0.3) is 5.91 Å². The summed E-state index contributed by atoms with van der Waals surface area (Å²) in [6.45, 7) is 1.68. The third-order valence-electron chi connectivity index (χ3n) is 4.94. The Hall–Kier alpha value is -2.94. The highest BCUT2D eigenvalue weighted by molar-refractivity contribution is 6.04. The molecule has 0 unspecified atom stereocenters. The molecule has 0 aromatic heterocycles. The van der Waals surface area contributed by atoms with E-state index < -0.39 is 23.1 Å². The Bertz CT molecular complexity index is 924. The van der Waals surface area contributed by atoms with Gasteiger partial charge in [-0.2, -0.15) is 0 Å². The summed E-state index contributed by atoms with van der Waals surface area (Å²) in [6, 6.07) is 10.1. The molecule has 1 heterocycles. The number of carbonyl (C=O) groups excluding carboxylic acids is 2. The molecule has 2 aromatic carbocycles. The highest BCUT2D eigenvalue weighted by Gasteiger charge is 2.19. The third-order valence-corrected chi connectivity index (χ3v) is 4.94. The fraction of sp³-hybridized carbons (Fsp3) is 0.273.